The van der Waals surface area contributed by atoms with Crippen LogP contribution < -0.4 is 10.5 Å². The maximum absolute atomic E-state index is 5.89. The highest BCUT2D eigenvalue weighted by molar-refractivity contribution is 5.68. The van der Waals surface area contributed by atoms with Crippen LogP contribution in [0.4, 0.5) is 0 Å². The zero-order valence-electron chi connectivity index (χ0n) is 12.3. The van der Waals surface area contributed by atoms with Gasteiger partial charge in [0.15, 0.2) is 0 Å². The molecule has 0 bridgehead atoms. The number of benzene rings is 1. The van der Waals surface area contributed by atoms with Crippen molar-refractivity contribution in [3.05, 3.63) is 54.4 Å². The molecule has 0 saturated heterocycles. The van der Waals surface area contributed by atoms with Crippen molar-refractivity contribution in [2.75, 3.05) is 13.7 Å². The number of aromatic nitrogens is 2. The number of ether oxygens (including phenoxy) is 1. The van der Waals surface area contributed by atoms with Crippen molar-refractivity contribution < 1.29 is 4.74 Å². The molecule has 0 amide bonds. The minimum absolute atomic E-state index is 0.236. The van der Waals surface area contributed by atoms with Crippen LogP contribution in [0.25, 0.3) is 16.9 Å². The van der Waals surface area contributed by atoms with Gasteiger partial charge in [-0.1, -0.05) is 13.0 Å². The Kier molecular flexibility index (Phi) is 3.62. The number of hydrogen-bond donors (Lipinski definition) is 1. The molecule has 2 N–H and O–H groups in total. The second-order valence-electron chi connectivity index (χ2n) is 5.14. The van der Waals surface area contributed by atoms with Gasteiger partial charge >= 0.3 is 0 Å². The average Bonchev–Trinajstić information content (AvgIpc) is 2.93. The highest BCUT2D eigenvalue weighted by Gasteiger charge is 2.18. The van der Waals surface area contributed by atoms with Crippen molar-refractivity contribution in [1.29, 1.82) is 0 Å². The lowest BCUT2D eigenvalue weighted by molar-refractivity contribution is 0.415. The molecule has 108 valence electrons. The van der Waals surface area contributed by atoms with Crippen LogP contribution in [0.15, 0.2) is 48.7 Å². The van der Waals surface area contributed by atoms with E-state index in [1.54, 1.807) is 7.11 Å². The molecule has 2 aromatic heterocycles. The molecular weight excluding hydrogens is 262 g/mol. The van der Waals surface area contributed by atoms with E-state index in [0.717, 1.165) is 28.3 Å². The molecule has 4 nitrogen and oxygen atoms in total. The van der Waals surface area contributed by atoms with Crippen molar-refractivity contribution in [2.24, 2.45) is 5.73 Å². The standard InChI is InChI=1S/C17H19N3O/c1-12(11-18)17-16(13-6-8-14(21-2)9-7-13)19-15-5-3-4-10-20(15)17/h3-10,12H,11,18H2,1-2H3. The van der Waals surface area contributed by atoms with Crippen LogP contribution in [-0.2, 0) is 0 Å². The Balaban J connectivity index is 2.20. The van der Waals surface area contributed by atoms with Gasteiger partial charge in [-0.15, -0.1) is 0 Å². The predicted octanol–water partition coefficient (Wildman–Crippen LogP) is 3.07. The summed E-state index contributed by atoms with van der Waals surface area (Å²) in [7, 11) is 1.67. The molecule has 3 aromatic rings. The molecular formula is C17H19N3O. The topological polar surface area (TPSA) is 52.5 Å². The molecule has 0 aliphatic heterocycles. The van der Waals surface area contributed by atoms with E-state index in [2.05, 4.69) is 11.3 Å². The lowest BCUT2D eigenvalue weighted by Crippen LogP contribution is -2.11. The fourth-order valence-corrected chi connectivity index (χ4v) is 2.56. The molecule has 2 heterocycles. The maximum Gasteiger partial charge on any atom is 0.137 e. The Bertz CT molecular complexity index is 746. The number of methoxy groups -OCH3 is 1. The van der Waals surface area contributed by atoms with E-state index >= 15 is 0 Å². The fourth-order valence-electron chi connectivity index (χ4n) is 2.56. The van der Waals surface area contributed by atoms with Gasteiger partial charge in [-0.05, 0) is 36.4 Å². The number of imidazole rings is 1. The summed E-state index contributed by atoms with van der Waals surface area (Å²) >= 11 is 0. The molecule has 0 aliphatic rings. The van der Waals surface area contributed by atoms with Crippen LogP contribution >= 0.6 is 0 Å². The van der Waals surface area contributed by atoms with Gasteiger partial charge in [0.2, 0.25) is 0 Å². The summed E-state index contributed by atoms with van der Waals surface area (Å²) in [6.07, 6.45) is 2.04. The quantitative estimate of drug-likeness (QED) is 0.799. The highest BCUT2D eigenvalue weighted by atomic mass is 16.5. The zero-order chi connectivity index (χ0) is 14.8. The molecule has 1 unspecified atom stereocenters. The number of hydrogen-bond acceptors (Lipinski definition) is 3. The third-order valence-corrected chi connectivity index (χ3v) is 3.75. The highest BCUT2D eigenvalue weighted by Crippen LogP contribution is 2.30. The normalized spacial score (nSPS) is 12.5. The van der Waals surface area contributed by atoms with Crippen LogP contribution in [0.5, 0.6) is 5.75 Å². The summed E-state index contributed by atoms with van der Waals surface area (Å²) in [6.45, 7) is 2.72. The average molecular weight is 281 g/mol. The smallest absolute Gasteiger partial charge is 0.137 e. The van der Waals surface area contributed by atoms with Gasteiger partial charge in [0.25, 0.3) is 0 Å². The first-order chi connectivity index (χ1) is 10.2. The van der Waals surface area contributed by atoms with Crippen molar-refractivity contribution in [1.82, 2.24) is 9.38 Å². The molecule has 21 heavy (non-hydrogen) atoms. The van der Waals surface area contributed by atoms with E-state index in [-0.39, 0.29) is 5.92 Å². The van der Waals surface area contributed by atoms with Crippen molar-refractivity contribution >= 4 is 5.65 Å². The molecule has 0 spiro atoms. The van der Waals surface area contributed by atoms with E-state index in [9.17, 15) is 0 Å². The molecule has 1 aromatic carbocycles. The van der Waals surface area contributed by atoms with E-state index < -0.39 is 0 Å². The van der Waals surface area contributed by atoms with E-state index in [4.69, 9.17) is 15.5 Å². The number of pyridine rings is 1. The fraction of sp³-hybridized carbons (Fsp3) is 0.235. The summed E-state index contributed by atoms with van der Waals surface area (Å²) < 4.78 is 7.34. The van der Waals surface area contributed by atoms with Gasteiger partial charge in [0, 0.05) is 24.2 Å². The summed E-state index contributed by atoms with van der Waals surface area (Å²) in [6, 6.07) is 14.0. The van der Waals surface area contributed by atoms with Crippen LogP contribution in [0.1, 0.15) is 18.5 Å². The van der Waals surface area contributed by atoms with Crippen molar-refractivity contribution in [2.45, 2.75) is 12.8 Å². The SMILES string of the molecule is COc1ccc(-c2nc3ccccn3c2C(C)CN)cc1. The Morgan fingerprint density at radius 3 is 2.62 bits per heavy atom. The molecule has 0 aliphatic carbocycles. The van der Waals surface area contributed by atoms with Crippen LogP contribution in [0, 0.1) is 0 Å². The second-order valence-corrected chi connectivity index (χ2v) is 5.14. The minimum Gasteiger partial charge on any atom is -0.497 e. The lowest BCUT2D eigenvalue weighted by Gasteiger charge is -2.11. The number of rotatable bonds is 4. The summed E-state index contributed by atoms with van der Waals surface area (Å²) in [5.74, 6) is 1.08. The first kappa shape index (κ1) is 13.6. The third-order valence-electron chi connectivity index (χ3n) is 3.75. The van der Waals surface area contributed by atoms with Gasteiger partial charge in [0.05, 0.1) is 18.5 Å². The summed E-state index contributed by atoms with van der Waals surface area (Å²) in [4.78, 5) is 4.77. The molecule has 0 fully saturated rings. The second kappa shape index (κ2) is 5.58. The minimum atomic E-state index is 0.236. The zero-order valence-corrected chi connectivity index (χ0v) is 12.3. The van der Waals surface area contributed by atoms with E-state index in [1.807, 2.05) is 48.7 Å². The van der Waals surface area contributed by atoms with Gasteiger partial charge in [-0.2, -0.15) is 0 Å². The van der Waals surface area contributed by atoms with Gasteiger partial charge < -0.3 is 14.9 Å². The Morgan fingerprint density at radius 2 is 1.95 bits per heavy atom. The largest absolute Gasteiger partial charge is 0.497 e. The van der Waals surface area contributed by atoms with Crippen molar-refractivity contribution in [3.8, 4) is 17.0 Å². The first-order valence-corrected chi connectivity index (χ1v) is 7.06. The Hall–Kier alpha value is -2.33. The first-order valence-electron chi connectivity index (χ1n) is 7.06. The van der Waals surface area contributed by atoms with Crippen LogP contribution in [0.2, 0.25) is 0 Å². The van der Waals surface area contributed by atoms with E-state index in [0.29, 0.717) is 6.54 Å². The lowest BCUT2D eigenvalue weighted by atomic mass is 10.0. The van der Waals surface area contributed by atoms with Gasteiger partial charge in [-0.3, -0.25) is 0 Å². The van der Waals surface area contributed by atoms with Gasteiger partial charge in [-0.25, -0.2) is 4.98 Å². The summed E-state index contributed by atoms with van der Waals surface area (Å²) in [5, 5.41) is 0. The molecule has 0 radical (unpaired) electrons. The Morgan fingerprint density at radius 1 is 1.19 bits per heavy atom. The maximum atomic E-state index is 5.89. The van der Waals surface area contributed by atoms with Crippen molar-refractivity contribution in [3.63, 3.8) is 0 Å². The van der Waals surface area contributed by atoms with Gasteiger partial charge in [0.1, 0.15) is 11.4 Å². The monoisotopic (exact) mass is 281 g/mol. The van der Waals surface area contributed by atoms with Crippen LogP contribution in [-0.4, -0.2) is 23.0 Å². The predicted molar refractivity (Wildman–Crippen MR) is 84.6 cm³/mol. The molecule has 3 rings (SSSR count). The van der Waals surface area contributed by atoms with E-state index in [1.165, 1.54) is 0 Å². The molecule has 1 atom stereocenters. The third kappa shape index (κ3) is 2.38. The molecule has 0 saturated carbocycles. The Labute approximate surface area is 124 Å². The number of fused-ring (bicyclic) bond motifs is 1. The summed E-state index contributed by atoms with van der Waals surface area (Å²) in [5.41, 5.74) is 10.0. The number of nitrogens with zero attached hydrogens (tertiary/aromatic N) is 2. The van der Waals surface area contributed by atoms with Crippen LogP contribution in [0.3, 0.4) is 0 Å². The molecule has 4 heteroatoms. The number of nitrogens with two attached hydrogens (primary N) is 1.